The van der Waals surface area contributed by atoms with Crippen molar-refractivity contribution < 1.29 is 22.5 Å². The van der Waals surface area contributed by atoms with Crippen LogP contribution in [0, 0.1) is 44.7 Å². The van der Waals surface area contributed by atoms with Gasteiger partial charge in [0.05, 0.1) is 10.5 Å². The minimum atomic E-state index is -1.44. The topological polar surface area (TPSA) is 119 Å². The lowest BCUT2D eigenvalue weighted by atomic mass is 10.2. The van der Waals surface area contributed by atoms with E-state index in [0.29, 0.717) is 6.07 Å². The van der Waals surface area contributed by atoms with Gasteiger partial charge in [-0.05, 0) is 18.2 Å². The molecule has 0 saturated carbocycles. The second-order valence-electron chi connectivity index (χ2n) is 4.26. The molecule has 2 aromatic rings. The monoisotopic (exact) mass is 342 g/mol. The zero-order chi connectivity index (χ0) is 18.4. The van der Waals surface area contributed by atoms with E-state index in [2.05, 4.69) is 0 Å². The minimum Gasteiger partial charge on any atom is -0.394 e. The van der Waals surface area contributed by atoms with Gasteiger partial charge in [-0.1, -0.05) is 6.07 Å². The van der Waals surface area contributed by atoms with Crippen LogP contribution >= 0.6 is 0 Å². The average molecular weight is 342 g/mol. The Hall–Kier alpha value is -3.19. The van der Waals surface area contributed by atoms with E-state index in [9.17, 15) is 27.7 Å². The number of hydrogen-bond acceptors (Lipinski definition) is 5. The van der Waals surface area contributed by atoms with Crippen molar-refractivity contribution in [1.82, 2.24) is 0 Å². The van der Waals surface area contributed by atoms with Crippen LogP contribution in [-0.2, 0) is 6.54 Å². The third-order valence-corrected chi connectivity index (χ3v) is 2.80. The molecule has 0 aliphatic carbocycles. The van der Waals surface area contributed by atoms with E-state index in [1.54, 1.807) is 0 Å². The Bertz CT molecular complexity index is 821. The number of rotatable bonds is 2. The summed E-state index contributed by atoms with van der Waals surface area (Å²) in [6.45, 7) is 0.0241. The van der Waals surface area contributed by atoms with Crippen LogP contribution in [0.3, 0.4) is 0 Å². The molecule has 0 aliphatic heterocycles. The number of benzene rings is 2. The van der Waals surface area contributed by atoms with E-state index < -0.39 is 45.1 Å². The van der Waals surface area contributed by atoms with Crippen LogP contribution in [0.1, 0.15) is 11.1 Å². The molecule has 2 rings (SSSR count). The number of anilines is 1. The van der Waals surface area contributed by atoms with Crippen molar-refractivity contribution in [2.45, 2.75) is 6.54 Å². The Labute approximate surface area is 133 Å². The predicted molar refractivity (Wildman–Crippen MR) is 76.4 cm³/mol. The zero-order valence-electron chi connectivity index (χ0n) is 11.9. The molecule has 0 amide bonds. The summed E-state index contributed by atoms with van der Waals surface area (Å²) in [5.41, 5.74) is 8.12. The number of nitrogens with zero attached hydrogens (tertiary/aromatic N) is 2. The molecule has 0 aromatic heterocycles. The van der Waals surface area contributed by atoms with Gasteiger partial charge in [-0.25, -0.2) is 8.78 Å². The zero-order valence-corrected chi connectivity index (χ0v) is 11.9. The van der Waals surface area contributed by atoms with Crippen LogP contribution in [0.4, 0.5) is 28.9 Å². The number of nitriles is 1. The highest BCUT2D eigenvalue weighted by atomic mass is 19.1. The first-order valence-electron chi connectivity index (χ1n) is 6.19. The Morgan fingerprint density at radius 1 is 1.08 bits per heavy atom. The Morgan fingerprint density at radius 3 is 2.17 bits per heavy atom. The molecule has 0 aliphatic rings. The number of nitrogen functional groups attached to an aromatic ring is 1. The van der Waals surface area contributed by atoms with E-state index in [0.717, 1.165) is 12.1 Å². The maximum atomic E-state index is 12.9. The van der Waals surface area contributed by atoms with Crippen molar-refractivity contribution in [2.75, 3.05) is 5.73 Å². The van der Waals surface area contributed by atoms with Crippen molar-refractivity contribution in [3.63, 3.8) is 0 Å². The van der Waals surface area contributed by atoms with Gasteiger partial charge in [0, 0.05) is 12.1 Å². The molecule has 0 saturated heterocycles. The first kappa shape index (κ1) is 18.9. The summed E-state index contributed by atoms with van der Waals surface area (Å²) in [5.74, 6) is -4.23. The summed E-state index contributed by atoms with van der Waals surface area (Å²) in [7, 11) is 0. The van der Waals surface area contributed by atoms with Gasteiger partial charge in [0.15, 0.2) is 5.82 Å². The summed E-state index contributed by atoms with van der Waals surface area (Å²) in [5, 5.41) is 18.4. The second kappa shape index (κ2) is 7.89. The largest absolute Gasteiger partial charge is 0.394 e. The normalized spacial score (nSPS) is 9.67. The molecule has 0 radical (unpaired) electrons. The maximum Gasteiger partial charge on any atom is 0.341 e. The summed E-state index contributed by atoms with van der Waals surface area (Å²) in [6, 6.07) is 5.27. The lowest BCUT2D eigenvalue weighted by Gasteiger charge is -2.02. The highest BCUT2D eigenvalue weighted by molar-refractivity contribution is 5.44. The highest BCUT2D eigenvalue weighted by Crippen LogP contribution is 2.23. The van der Waals surface area contributed by atoms with Gasteiger partial charge in [0.1, 0.15) is 17.6 Å². The number of hydrogen-bond donors (Lipinski definition) is 2. The predicted octanol–water partition coefficient (Wildman–Crippen LogP) is 2.75. The second-order valence-corrected chi connectivity index (χ2v) is 4.26. The van der Waals surface area contributed by atoms with E-state index in [4.69, 9.17) is 16.7 Å². The molecular weight excluding hydrogens is 332 g/mol. The number of halogens is 4. The molecule has 0 bridgehead atoms. The molecule has 4 N–H and O–H groups in total. The van der Waals surface area contributed by atoms with Crippen LogP contribution in [-0.4, -0.2) is 4.92 Å². The number of nitro benzene ring substituents is 1. The standard InChI is InChI=1S/C7H2F2N2O2.C7H8F2N2/c8-5-2-1-4(3-10)6(9)7(5)11(12)13;8-5-2-1-4(3-10)6(9)7(5)11/h1-2H;1-2H,3,10-11H2. The molecule has 24 heavy (non-hydrogen) atoms. The molecular formula is C14H10F4N4O2. The molecule has 2 aromatic carbocycles. The first-order valence-corrected chi connectivity index (χ1v) is 6.19. The lowest BCUT2D eigenvalue weighted by Crippen LogP contribution is -2.04. The van der Waals surface area contributed by atoms with Crippen LogP contribution in [0.15, 0.2) is 24.3 Å². The molecule has 126 valence electrons. The molecule has 0 heterocycles. The highest BCUT2D eigenvalue weighted by Gasteiger charge is 2.23. The van der Waals surface area contributed by atoms with Crippen molar-refractivity contribution in [3.8, 4) is 6.07 Å². The summed E-state index contributed by atoms with van der Waals surface area (Å²) >= 11 is 0. The Kier molecular flexibility index (Phi) is 6.20. The van der Waals surface area contributed by atoms with Crippen LogP contribution in [0.2, 0.25) is 0 Å². The van der Waals surface area contributed by atoms with Crippen molar-refractivity contribution in [1.29, 1.82) is 5.26 Å². The molecule has 0 fully saturated rings. The maximum absolute atomic E-state index is 12.9. The third-order valence-electron chi connectivity index (χ3n) is 2.80. The average Bonchev–Trinajstić information content (AvgIpc) is 2.53. The van der Waals surface area contributed by atoms with E-state index in [1.165, 1.54) is 12.1 Å². The van der Waals surface area contributed by atoms with Gasteiger partial charge in [-0.2, -0.15) is 14.0 Å². The molecule has 0 spiro atoms. The molecule has 0 unspecified atom stereocenters. The van der Waals surface area contributed by atoms with Gasteiger partial charge in [-0.15, -0.1) is 0 Å². The van der Waals surface area contributed by atoms with E-state index >= 15 is 0 Å². The van der Waals surface area contributed by atoms with Crippen molar-refractivity contribution in [3.05, 3.63) is 68.8 Å². The quantitative estimate of drug-likeness (QED) is 0.376. The lowest BCUT2D eigenvalue weighted by molar-refractivity contribution is -0.390. The summed E-state index contributed by atoms with van der Waals surface area (Å²) in [4.78, 5) is 8.92. The van der Waals surface area contributed by atoms with Gasteiger partial charge < -0.3 is 11.5 Å². The van der Waals surface area contributed by atoms with Crippen molar-refractivity contribution >= 4 is 11.4 Å². The molecule has 0 atom stereocenters. The van der Waals surface area contributed by atoms with Crippen LogP contribution < -0.4 is 11.5 Å². The van der Waals surface area contributed by atoms with E-state index in [1.807, 2.05) is 0 Å². The molecule has 10 heteroatoms. The van der Waals surface area contributed by atoms with Crippen LogP contribution in [0.25, 0.3) is 0 Å². The number of nitro groups is 1. The van der Waals surface area contributed by atoms with Gasteiger partial charge in [0.2, 0.25) is 11.6 Å². The SMILES string of the molecule is N#Cc1ccc(F)c([N+](=O)[O-])c1F.NCc1ccc(F)c(N)c1F. The summed E-state index contributed by atoms with van der Waals surface area (Å²) < 4.78 is 50.8. The van der Waals surface area contributed by atoms with Gasteiger partial charge in [-0.3, -0.25) is 10.1 Å². The third kappa shape index (κ3) is 3.96. The fraction of sp³-hybridized carbons (Fsp3) is 0.0714. The first-order chi connectivity index (χ1) is 11.2. The fourth-order valence-electron chi connectivity index (χ4n) is 1.57. The number of nitrogens with two attached hydrogens (primary N) is 2. The van der Waals surface area contributed by atoms with Gasteiger partial charge >= 0.3 is 5.69 Å². The smallest absolute Gasteiger partial charge is 0.341 e. The fourth-order valence-corrected chi connectivity index (χ4v) is 1.57. The van der Waals surface area contributed by atoms with Crippen LogP contribution in [0.5, 0.6) is 0 Å². The minimum absolute atomic E-state index is 0.0241. The Morgan fingerprint density at radius 2 is 1.67 bits per heavy atom. The van der Waals surface area contributed by atoms with E-state index in [-0.39, 0.29) is 12.1 Å². The van der Waals surface area contributed by atoms with Crippen molar-refractivity contribution in [2.24, 2.45) is 5.73 Å². The summed E-state index contributed by atoms with van der Waals surface area (Å²) in [6.07, 6.45) is 0. The Balaban J connectivity index is 0.000000243. The molecule has 6 nitrogen and oxygen atoms in total. The van der Waals surface area contributed by atoms with Gasteiger partial charge in [0.25, 0.3) is 0 Å².